The van der Waals surface area contributed by atoms with E-state index in [1.54, 1.807) is 0 Å². The Morgan fingerprint density at radius 3 is 1.53 bits per heavy atom. The van der Waals surface area contributed by atoms with Crippen molar-refractivity contribution in [3.05, 3.63) is 29.3 Å². The summed E-state index contributed by atoms with van der Waals surface area (Å²) < 4.78 is 81.9. The zero-order valence-electron chi connectivity index (χ0n) is 31.9. The number of hydrogen-bond donors (Lipinski definition) is 3. The van der Waals surface area contributed by atoms with Gasteiger partial charge in [-0.25, -0.2) is 8.42 Å². The monoisotopic (exact) mass is 883 g/mol. The van der Waals surface area contributed by atoms with Crippen LogP contribution >= 0.6 is 23.8 Å². The maximum absolute atomic E-state index is 12.9. The minimum absolute atomic E-state index is 0.197. The van der Waals surface area contributed by atoms with Crippen LogP contribution in [0.2, 0.25) is 5.02 Å². The molecule has 3 rings (SSSR count). The van der Waals surface area contributed by atoms with Gasteiger partial charge in [0.25, 0.3) is 10.0 Å². The highest BCUT2D eigenvalue weighted by Gasteiger charge is 2.57. The Labute approximate surface area is 342 Å². The molecule has 1 unspecified atom stereocenters. The molecule has 0 bridgehead atoms. The summed E-state index contributed by atoms with van der Waals surface area (Å²) in [5, 5.41) is 2.41. The number of carbonyl (C=O) groups is 7. The van der Waals surface area contributed by atoms with E-state index in [1.807, 2.05) is 4.83 Å². The second kappa shape index (κ2) is 21.3. The zero-order valence-corrected chi connectivity index (χ0v) is 34.3. The molecule has 0 radical (unpaired) electrons. The minimum atomic E-state index is -4.23. The third kappa shape index (κ3) is 14.3. The first-order valence-corrected chi connectivity index (χ1v) is 19.3. The van der Waals surface area contributed by atoms with E-state index < -0.39 is 131 Å². The molecule has 2 aliphatic heterocycles. The van der Waals surface area contributed by atoms with Crippen LogP contribution in [0.15, 0.2) is 29.2 Å². The van der Waals surface area contributed by atoms with Gasteiger partial charge in [-0.15, -0.1) is 4.83 Å². The van der Waals surface area contributed by atoms with Crippen LogP contribution in [0.5, 0.6) is 0 Å². The molecule has 0 spiro atoms. The predicted molar refractivity (Wildman–Crippen MR) is 194 cm³/mol. The normalized spacial score (nSPS) is 26.8. The van der Waals surface area contributed by atoms with Gasteiger partial charge in [-0.2, -0.15) is 0 Å². The standard InChI is InChI=1S/C33H42ClN3O19S2/c1-14(38)47-12-23-26(56-32-30(53-20(7)44)28(51-18(5)42)25(49-16(3)40)24(55-32)13-48-15(2)39)27(50-17(4)41)29(52-19(6)43)31(54-23)35-33(57)36-37-58(45,46)22-10-8-21(34)9-11-22/h8-11,23-32,37H,12-13H2,1-7H3,(H2,35,36,57)/t23-,24-,25+,26-,27+,28+,29-,30-,31?,32+/m1/s1. The number of benzene rings is 1. The van der Waals surface area contributed by atoms with Crippen LogP contribution in [0, 0.1) is 0 Å². The second-order valence-electron chi connectivity index (χ2n) is 12.4. The Morgan fingerprint density at radius 1 is 0.621 bits per heavy atom. The first-order valence-electron chi connectivity index (χ1n) is 17.0. The van der Waals surface area contributed by atoms with Gasteiger partial charge in [0.2, 0.25) is 0 Å². The van der Waals surface area contributed by atoms with Crippen LogP contribution in [0.4, 0.5) is 0 Å². The lowest BCUT2D eigenvalue weighted by molar-refractivity contribution is -0.345. The molecule has 22 nitrogen and oxygen atoms in total. The lowest BCUT2D eigenvalue weighted by atomic mass is 9.95. The van der Waals surface area contributed by atoms with Crippen LogP contribution in [0.1, 0.15) is 48.5 Å². The van der Waals surface area contributed by atoms with Crippen molar-refractivity contribution in [2.45, 2.75) is 115 Å². The third-order valence-electron chi connectivity index (χ3n) is 7.62. The van der Waals surface area contributed by atoms with E-state index in [2.05, 4.69) is 10.7 Å². The molecule has 0 amide bonds. The van der Waals surface area contributed by atoms with E-state index in [1.165, 1.54) is 24.3 Å². The maximum Gasteiger partial charge on any atom is 0.303 e. The molecule has 0 aliphatic carbocycles. The molecular weight excluding hydrogens is 842 g/mol. The number of thiocarbonyl (C=S) groups is 1. The SMILES string of the molecule is CC(=O)OC[C@H]1O[C@@H](O[C@H]2[C@H](OC(C)=O)[C@@H](OC(C)=O)C(NC(=S)NNS(=O)(=O)c3ccc(Cl)cc3)O[C@@H]2COC(C)=O)[C@H](OC(C)=O)[C@@H](OC(C)=O)[C@H]1OC(C)=O. The number of halogens is 1. The van der Waals surface area contributed by atoms with Crippen LogP contribution < -0.4 is 15.6 Å². The molecule has 3 N–H and O–H groups in total. The van der Waals surface area contributed by atoms with Gasteiger partial charge in [0, 0.05) is 53.5 Å². The average molecular weight is 884 g/mol. The van der Waals surface area contributed by atoms with Gasteiger partial charge in [0.15, 0.2) is 48.2 Å². The van der Waals surface area contributed by atoms with E-state index in [9.17, 15) is 42.0 Å². The smallest absolute Gasteiger partial charge is 0.303 e. The van der Waals surface area contributed by atoms with E-state index in [0.717, 1.165) is 48.5 Å². The molecule has 10 atom stereocenters. The predicted octanol–water partition coefficient (Wildman–Crippen LogP) is -0.383. The molecule has 0 saturated carbocycles. The Morgan fingerprint density at radius 2 is 1.05 bits per heavy atom. The van der Waals surface area contributed by atoms with Crippen molar-refractivity contribution in [2.75, 3.05) is 13.2 Å². The number of ether oxygens (including phenoxy) is 10. The molecule has 2 aliphatic rings. The highest BCUT2D eigenvalue weighted by Crippen LogP contribution is 2.35. The van der Waals surface area contributed by atoms with Gasteiger partial charge < -0.3 is 52.7 Å². The van der Waals surface area contributed by atoms with E-state index >= 15 is 0 Å². The Balaban J connectivity index is 2.09. The van der Waals surface area contributed by atoms with Gasteiger partial charge >= 0.3 is 41.8 Å². The third-order valence-corrected chi connectivity index (χ3v) is 9.36. The average Bonchev–Trinajstić information content (AvgIpc) is 3.09. The van der Waals surface area contributed by atoms with E-state index in [4.69, 9.17) is 71.2 Å². The molecule has 0 aromatic heterocycles. The molecule has 2 heterocycles. The topological polar surface area (TPSA) is 282 Å². The highest BCUT2D eigenvalue weighted by molar-refractivity contribution is 7.89. The first-order chi connectivity index (χ1) is 27.1. The molecule has 58 heavy (non-hydrogen) atoms. The first kappa shape index (κ1) is 47.7. The van der Waals surface area contributed by atoms with Crippen LogP contribution in [-0.4, -0.2) is 130 Å². The number of sulfonamides is 1. The summed E-state index contributed by atoms with van der Waals surface area (Å²) in [7, 11) is -4.23. The molecule has 1 aromatic rings. The Bertz CT molecular complexity index is 1820. The van der Waals surface area contributed by atoms with Crippen molar-refractivity contribution in [1.29, 1.82) is 0 Å². The van der Waals surface area contributed by atoms with Gasteiger partial charge in [-0.1, -0.05) is 11.6 Å². The van der Waals surface area contributed by atoms with Crippen LogP contribution in [0.25, 0.3) is 0 Å². The molecule has 25 heteroatoms. The summed E-state index contributed by atoms with van der Waals surface area (Å²) in [6.07, 6.45) is -16.7. The van der Waals surface area contributed by atoms with E-state index in [0.29, 0.717) is 0 Å². The second-order valence-corrected chi connectivity index (χ2v) is 14.9. The fourth-order valence-corrected chi connectivity index (χ4v) is 6.79. The summed E-state index contributed by atoms with van der Waals surface area (Å²) in [6.45, 7) is 5.84. The van der Waals surface area contributed by atoms with Crippen molar-refractivity contribution in [1.82, 2.24) is 15.6 Å². The quantitative estimate of drug-likeness (QED) is 0.0876. The van der Waals surface area contributed by atoms with Gasteiger partial charge in [-0.05, 0) is 36.5 Å². The number of nitrogens with one attached hydrogen (secondary N) is 3. The fourth-order valence-electron chi connectivity index (χ4n) is 5.58. The molecular formula is C33H42ClN3O19S2. The summed E-state index contributed by atoms with van der Waals surface area (Å²) in [6, 6.07) is 5.12. The lowest BCUT2D eigenvalue weighted by Crippen LogP contribution is -2.69. The van der Waals surface area contributed by atoms with Crippen LogP contribution in [0.3, 0.4) is 0 Å². The van der Waals surface area contributed by atoms with Crippen molar-refractivity contribution in [2.24, 2.45) is 0 Å². The number of rotatable bonds is 15. The molecule has 2 saturated heterocycles. The van der Waals surface area contributed by atoms with Crippen molar-refractivity contribution in [3.63, 3.8) is 0 Å². The number of hydrogen-bond acceptors (Lipinski definition) is 20. The zero-order chi connectivity index (χ0) is 43.5. The lowest BCUT2D eigenvalue weighted by Gasteiger charge is -2.49. The highest BCUT2D eigenvalue weighted by atomic mass is 35.5. The summed E-state index contributed by atoms with van der Waals surface area (Å²) in [5.74, 6) is -6.35. The van der Waals surface area contributed by atoms with E-state index in [-0.39, 0.29) is 9.92 Å². The number of carbonyl (C=O) groups excluding carboxylic acids is 7. The van der Waals surface area contributed by atoms with Crippen LogP contribution in [-0.2, 0) is 91.0 Å². The Hall–Kier alpha value is -4.72. The van der Waals surface area contributed by atoms with Gasteiger partial charge in [0.1, 0.15) is 31.5 Å². The van der Waals surface area contributed by atoms with Gasteiger partial charge in [-0.3, -0.25) is 39.0 Å². The number of hydrazine groups is 1. The molecule has 2 fully saturated rings. The number of esters is 7. The van der Waals surface area contributed by atoms with Crippen molar-refractivity contribution >= 4 is 80.7 Å². The largest absolute Gasteiger partial charge is 0.463 e. The van der Waals surface area contributed by atoms with Crippen molar-refractivity contribution in [3.8, 4) is 0 Å². The minimum Gasteiger partial charge on any atom is -0.463 e. The fraction of sp³-hybridized carbons (Fsp3) is 0.576. The summed E-state index contributed by atoms with van der Waals surface area (Å²) in [4.78, 5) is 87.9. The maximum atomic E-state index is 12.9. The Kier molecular flexibility index (Phi) is 17.5. The summed E-state index contributed by atoms with van der Waals surface area (Å²) in [5.41, 5.74) is 2.26. The summed E-state index contributed by atoms with van der Waals surface area (Å²) >= 11 is 11.1. The molecule has 1 aromatic carbocycles. The molecule has 322 valence electrons. The van der Waals surface area contributed by atoms with Crippen molar-refractivity contribution < 1.29 is 89.3 Å². The van der Waals surface area contributed by atoms with Gasteiger partial charge in [0.05, 0.1) is 4.90 Å².